The molecule has 1 aromatic heterocycles. The summed E-state index contributed by atoms with van der Waals surface area (Å²) in [5.41, 5.74) is 2.02. The molecule has 3 rings (SSSR count). The number of aromatic nitrogens is 1. The Morgan fingerprint density at radius 2 is 2.17 bits per heavy atom. The Morgan fingerprint density at radius 3 is 2.94 bits per heavy atom. The second-order valence-electron chi connectivity index (χ2n) is 4.65. The van der Waals surface area contributed by atoms with Crippen molar-refractivity contribution in [3.8, 4) is 0 Å². The third-order valence-corrected chi connectivity index (χ3v) is 4.34. The molecule has 18 heavy (non-hydrogen) atoms. The molecule has 2 aromatic rings. The zero-order valence-electron chi connectivity index (χ0n) is 10.2. The predicted octanol–water partition coefficient (Wildman–Crippen LogP) is 3.91. The first-order valence-electron chi connectivity index (χ1n) is 6.39. The Bertz CT molecular complexity index is 579. The Kier molecular flexibility index (Phi) is 3.24. The van der Waals surface area contributed by atoms with Crippen LogP contribution in [0.2, 0.25) is 0 Å². The SMILES string of the molecule is O=C(Cc1nc2ccccc2s1)C1=CCCCC1. The van der Waals surface area contributed by atoms with Gasteiger partial charge in [0.15, 0.2) is 5.78 Å². The molecule has 3 heteroatoms. The number of allylic oxidation sites excluding steroid dienone is 2. The quantitative estimate of drug-likeness (QED) is 0.834. The standard InChI is InChI=1S/C15H15NOS/c17-13(11-6-2-1-3-7-11)10-15-16-12-8-4-5-9-14(12)18-15/h4-6,8-9H,1-3,7,10H2. The van der Waals surface area contributed by atoms with E-state index in [1.54, 1.807) is 11.3 Å². The van der Waals surface area contributed by atoms with Gasteiger partial charge in [0.2, 0.25) is 0 Å². The minimum Gasteiger partial charge on any atom is -0.294 e. The van der Waals surface area contributed by atoms with Crippen LogP contribution in [0.25, 0.3) is 10.2 Å². The highest BCUT2D eigenvalue weighted by molar-refractivity contribution is 7.18. The Balaban J connectivity index is 1.79. The van der Waals surface area contributed by atoms with E-state index in [0.29, 0.717) is 6.42 Å². The average molecular weight is 257 g/mol. The number of hydrogen-bond donors (Lipinski definition) is 0. The number of carbonyl (C=O) groups is 1. The zero-order chi connectivity index (χ0) is 12.4. The van der Waals surface area contributed by atoms with Crippen LogP contribution in [0.1, 0.15) is 30.7 Å². The smallest absolute Gasteiger partial charge is 0.165 e. The summed E-state index contributed by atoms with van der Waals surface area (Å²) < 4.78 is 1.16. The minimum atomic E-state index is 0.258. The summed E-state index contributed by atoms with van der Waals surface area (Å²) in [6.45, 7) is 0. The number of nitrogens with zero attached hydrogens (tertiary/aromatic N) is 1. The van der Waals surface area contributed by atoms with Crippen molar-refractivity contribution in [3.05, 3.63) is 40.9 Å². The van der Waals surface area contributed by atoms with Gasteiger partial charge >= 0.3 is 0 Å². The first kappa shape index (κ1) is 11.6. The number of carbonyl (C=O) groups excluding carboxylic acids is 1. The van der Waals surface area contributed by atoms with Gasteiger partial charge in [-0.25, -0.2) is 4.98 Å². The van der Waals surface area contributed by atoms with E-state index in [1.165, 1.54) is 6.42 Å². The molecule has 1 heterocycles. The number of rotatable bonds is 3. The Morgan fingerprint density at radius 1 is 1.28 bits per heavy atom. The van der Waals surface area contributed by atoms with Gasteiger partial charge in [0, 0.05) is 0 Å². The fourth-order valence-electron chi connectivity index (χ4n) is 2.34. The molecule has 0 bridgehead atoms. The first-order chi connectivity index (χ1) is 8.83. The van der Waals surface area contributed by atoms with Crippen molar-refractivity contribution in [2.45, 2.75) is 32.1 Å². The van der Waals surface area contributed by atoms with E-state index in [4.69, 9.17) is 0 Å². The van der Waals surface area contributed by atoms with Crippen LogP contribution in [0.15, 0.2) is 35.9 Å². The van der Waals surface area contributed by atoms with Crippen molar-refractivity contribution in [3.63, 3.8) is 0 Å². The maximum absolute atomic E-state index is 12.1. The maximum Gasteiger partial charge on any atom is 0.165 e. The van der Waals surface area contributed by atoms with Gasteiger partial charge in [0.05, 0.1) is 16.6 Å². The Hall–Kier alpha value is -1.48. The molecule has 0 aliphatic heterocycles. The summed E-state index contributed by atoms with van der Waals surface area (Å²) in [6, 6.07) is 8.05. The molecule has 0 saturated carbocycles. The van der Waals surface area contributed by atoms with Crippen LogP contribution in [0.3, 0.4) is 0 Å². The number of thiazole rings is 1. The number of ketones is 1. The highest BCUT2D eigenvalue weighted by Crippen LogP contribution is 2.24. The molecule has 0 saturated heterocycles. The van der Waals surface area contributed by atoms with Crippen LogP contribution >= 0.6 is 11.3 Å². The molecule has 1 aliphatic rings. The van der Waals surface area contributed by atoms with Gasteiger partial charge < -0.3 is 0 Å². The second kappa shape index (κ2) is 5.02. The number of hydrogen-bond acceptors (Lipinski definition) is 3. The number of fused-ring (bicyclic) bond motifs is 1. The zero-order valence-corrected chi connectivity index (χ0v) is 11.0. The summed E-state index contributed by atoms with van der Waals surface area (Å²) in [5.74, 6) is 0.258. The molecule has 0 amide bonds. The second-order valence-corrected chi connectivity index (χ2v) is 5.77. The van der Waals surface area contributed by atoms with E-state index >= 15 is 0 Å². The van der Waals surface area contributed by atoms with Crippen LogP contribution in [-0.4, -0.2) is 10.8 Å². The van der Waals surface area contributed by atoms with E-state index < -0.39 is 0 Å². The minimum absolute atomic E-state index is 0.258. The van der Waals surface area contributed by atoms with Crippen LogP contribution in [0.5, 0.6) is 0 Å². The highest BCUT2D eigenvalue weighted by Gasteiger charge is 2.14. The molecule has 1 aromatic carbocycles. The molecule has 0 radical (unpaired) electrons. The van der Waals surface area contributed by atoms with Gasteiger partial charge in [-0.2, -0.15) is 0 Å². The van der Waals surface area contributed by atoms with Gasteiger partial charge in [-0.15, -0.1) is 11.3 Å². The summed E-state index contributed by atoms with van der Waals surface area (Å²) in [6.07, 6.45) is 6.95. The molecule has 1 aliphatic carbocycles. The van der Waals surface area contributed by atoms with Crippen molar-refractivity contribution >= 4 is 27.3 Å². The van der Waals surface area contributed by atoms with E-state index in [9.17, 15) is 4.79 Å². The molecule has 2 nitrogen and oxygen atoms in total. The van der Waals surface area contributed by atoms with Crippen LogP contribution in [0, 0.1) is 0 Å². The molecule has 0 spiro atoms. The van der Waals surface area contributed by atoms with Crippen molar-refractivity contribution in [2.24, 2.45) is 0 Å². The van der Waals surface area contributed by atoms with Crippen molar-refractivity contribution in [1.29, 1.82) is 0 Å². The van der Waals surface area contributed by atoms with Gasteiger partial charge in [0.1, 0.15) is 5.01 Å². The fraction of sp³-hybridized carbons (Fsp3) is 0.333. The third-order valence-electron chi connectivity index (χ3n) is 3.30. The van der Waals surface area contributed by atoms with Crippen molar-refractivity contribution in [2.75, 3.05) is 0 Å². The summed E-state index contributed by atoms with van der Waals surface area (Å²) in [4.78, 5) is 16.7. The van der Waals surface area contributed by atoms with Gasteiger partial charge in [-0.05, 0) is 43.4 Å². The molecule has 0 fully saturated rings. The van der Waals surface area contributed by atoms with Crippen molar-refractivity contribution in [1.82, 2.24) is 4.98 Å². The fourth-order valence-corrected chi connectivity index (χ4v) is 3.30. The van der Waals surface area contributed by atoms with Crippen molar-refractivity contribution < 1.29 is 4.79 Å². The Labute approximate surface area is 110 Å². The third kappa shape index (κ3) is 2.36. The lowest BCUT2D eigenvalue weighted by molar-refractivity contribution is -0.115. The van der Waals surface area contributed by atoms with Crippen LogP contribution in [0.4, 0.5) is 0 Å². The average Bonchev–Trinajstić information content (AvgIpc) is 2.82. The van der Waals surface area contributed by atoms with E-state index in [-0.39, 0.29) is 5.78 Å². The number of para-hydroxylation sites is 1. The molecule has 92 valence electrons. The van der Waals surface area contributed by atoms with Gasteiger partial charge in [0.25, 0.3) is 0 Å². The maximum atomic E-state index is 12.1. The molecule has 0 unspecified atom stereocenters. The van der Waals surface area contributed by atoms with Gasteiger partial charge in [-0.1, -0.05) is 18.2 Å². The topological polar surface area (TPSA) is 30.0 Å². The van der Waals surface area contributed by atoms with E-state index in [1.807, 2.05) is 18.2 Å². The molecule has 0 N–H and O–H groups in total. The lowest BCUT2D eigenvalue weighted by atomic mass is 9.95. The molecule has 0 atom stereocenters. The predicted molar refractivity (Wildman–Crippen MR) is 74.9 cm³/mol. The largest absolute Gasteiger partial charge is 0.294 e. The van der Waals surface area contributed by atoms with E-state index in [0.717, 1.165) is 40.1 Å². The van der Waals surface area contributed by atoms with E-state index in [2.05, 4.69) is 17.1 Å². The van der Waals surface area contributed by atoms with Crippen LogP contribution < -0.4 is 0 Å². The molecular weight excluding hydrogens is 242 g/mol. The lowest BCUT2D eigenvalue weighted by Gasteiger charge is -2.10. The molecular formula is C15H15NOS. The first-order valence-corrected chi connectivity index (χ1v) is 7.21. The van der Waals surface area contributed by atoms with Crippen LogP contribution in [-0.2, 0) is 11.2 Å². The van der Waals surface area contributed by atoms with Gasteiger partial charge in [-0.3, -0.25) is 4.79 Å². The lowest BCUT2D eigenvalue weighted by Crippen LogP contribution is -2.08. The number of Topliss-reactive ketones (excluding diaryl/α,β-unsaturated/α-hetero) is 1. The summed E-state index contributed by atoms with van der Waals surface area (Å²) >= 11 is 1.63. The number of benzene rings is 1. The highest BCUT2D eigenvalue weighted by atomic mass is 32.1. The summed E-state index contributed by atoms with van der Waals surface area (Å²) in [5, 5.41) is 0.938. The summed E-state index contributed by atoms with van der Waals surface area (Å²) in [7, 11) is 0. The monoisotopic (exact) mass is 257 g/mol. The normalized spacial score (nSPS) is 15.7.